The number of hydrogen-bond donors (Lipinski definition) is 2. The molecule has 3 amide bonds. The van der Waals surface area contributed by atoms with E-state index < -0.39 is 11.0 Å². The third-order valence-corrected chi connectivity index (χ3v) is 5.80. The van der Waals surface area contributed by atoms with E-state index in [1.165, 1.54) is 16.9 Å². The minimum absolute atomic E-state index is 0.114. The first-order chi connectivity index (χ1) is 13.6. The van der Waals surface area contributed by atoms with Crippen LogP contribution >= 0.6 is 0 Å². The number of nitrogens with two attached hydrogens (primary N) is 1. The molecule has 8 heteroatoms. The maximum Gasteiger partial charge on any atom is 0.328 e. The number of ether oxygens (including phenoxy) is 1. The van der Waals surface area contributed by atoms with Crippen molar-refractivity contribution in [2.75, 3.05) is 26.0 Å². The molecule has 0 fully saturated rings. The highest BCUT2D eigenvalue weighted by Crippen LogP contribution is 2.46. The molecule has 154 valence electrons. The van der Waals surface area contributed by atoms with Crippen molar-refractivity contribution in [3.63, 3.8) is 0 Å². The topological polar surface area (TPSA) is 100 Å². The van der Waals surface area contributed by atoms with E-state index in [1.807, 2.05) is 51.1 Å². The number of allylic oxidation sites excluding steroid dienone is 2. The average Bonchev–Trinajstić information content (AvgIpc) is 2.71. The smallest absolute Gasteiger partial charge is 0.328 e. The fourth-order valence-electron chi connectivity index (χ4n) is 3.55. The van der Waals surface area contributed by atoms with Crippen molar-refractivity contribution in [3.05, 3.63) is 53.9 Å². The molecule has 0 bridgehead atoms. The fraction of sp³-hybridized carbons (Fsp3) is 0.381. The second kappa shape index (κ2) is 7.27. The number of anilines is 1. The van der Waals surface area contributed by atoms with Gasteiger partial charge in [-0.15, -0.1) is 0 Å². The Hall–Kier alpha value is -3.29. The normalized spacial score (nSPS) is 23.4. The Morgan fingerprint density at radius 2 is 2.03 bits per heavy atom. The van der Waals surface area contributed by atoms with E-state index in [9.17, 15) is 9.59 Å². The average molecular weight is 397 g/mol. The summed E-state index contributed by atoms with van der Waals surface area (Å²) in [6.07, 6.45) is 5.43. The lowest BCUT2D eigenvalue weighted by Crippen LogP contribution is -2.58. The largest absolute Gasteiger partial charge is 0.482 e. The molecule has 0 saturated carbocycles. The molecule has 1 atom stereocenters. The summed E-state index contributed by atoms with van der Waals surface area (Å²) in [7, 11) is 3.14. The number of guanidine groups is 1. The molecule has 2 aliphatic rings. The Bertz CT molecular complexity index is 934. The molecule has 2 heterocycles. The summed E-state index contributed by atoms with van der Waals surface area (Å²) in [6.45, 7) is 6.00. The summed E-state index contributed by atoms with van der Waals surface area (Å²) in [5.74, 6) is 0.519. The van der Waals surface area contributed by atoms with E-state index in [0.29, 0.717) is 18.1 Å². The van der Waals surface area contributed by atoms with E-state index >= 15 is 0 Å². The molecule has 29 heavy (non-hydrogen) atoms. The van der Waals surface area contributed by atoms with Crippen LogP contribution in [0.3, 0.4) is 0 Å². The first-order valence-corrected chi connectivity index (χ1v) is 9.35. The molecular formula is C21H27N5O3. The van der Waals surface area contributed by atoms with Crippen molar-refractivity contribution in [1.82, 2.24) is 9.80 Å². The fourth-order valence-corrected chi connectivity index (χ4v) is 3.55. The lowest BCUT2D eigenvalue weighted by Gasteiger charge is -2.46. The molecule has 1 aromatic carbocycles. The second-order valence-corrected chi connectivity index (χ2v) is 7.79. The quantitative estimate of drug-likeness (QED) is 0.819. The number of benzene rings is 1. The SMILES string of the molecule is COC1=CC=CCN1C(=O)Nc1cccc([C@@]2(C)N=C(N)N(C)C(=O)C2(C)C)c1. The predicted octanol–water partition coefficient (Wildman–Crippen LogP) is 2.61. The molecule has 0 spiro atoms. The van der Waals surface area contributed by atoms with Crippen LogP contribution in [0, 0.1) is 5.41 Å². The highest BCUT2D eigenvalue weighted by Gasteiger charge is 2.52. The molecule has 0 unspecified atom stereocenters. The van der Waals surface area contributed by atoms with Gasteiger partial charge in [-0.3, -0.25) is 14.6 Å². The van der Waals surface area contributed by atoms with Crippen molar-refractivity contribution in [1.29, 1.82) is 0 Å². The van der Waals surface area contributed by atoms with Gasteiger partial charge in [-0.1, -0.05) is 24.3 Å². The maximum absolute atomic E-state index is 12.8. The van der Waals surface area contributed by atoms with Crippen molar-refractivity contribution in [2.45, 2.75) is 26.3 Å². The van der Waals surface area contributed by atoms with Crippen molar-refractivity contribution in [2.24, 2.45) is 16.1 Å². The van der Waals surface area contributed by atoms with E-state index in [0.717, 1.165) is 5.56 Å². The van der Waals surface area contributed by atoms with Crippen LogP contribution < -0.4 is 11.1 Å². The monoisotopic (exact) mass is 397 g/mol. The molecule has 2 aliphatic heterocycles. The van der Waals surface area contributed by atoms with E-state index in [4.69, 9.17) is 10.5 Å². The third kappa shape index (κ3) is 3.35. The van der Waals surface area contributed by atoms with Crippen LogP contribution in [-0.4, -0.2) is 48.4 Å². The van der Waals surface area contributed by atoms with Crippen LogP contribution in [0.15, 0.2) is 53.4 Å². The van der Waals surface area contributed by atoms with Crippen LogP contribution in [-0.2, 0) is 15.1 Å². The number of urea groups is 1. The number of amides is 3. The molecule has 0 aromatic heterocycles. The zero-order chi connectivity index (χ0) is 21.4. The van der Waals surface area contributed by atoms with Crippen molar-refractivity contribution >= 4 is 23.6 Å². The summed E-state index contributed by atoms with van der Waals surface area (Å²) in [5.41, 5.74) is 5.67. The molecule has 0 radical (unpaired) electrons. The number of hydrogen-bond acceptors (Lipinski definition) is 5. The summed E-state index contributed by atoms with van der Waals surface area (Å²) >= 11 is 0. The highest BCUT2D eigenvalue weighted by molar-refractivity contribution is 6.01. The minimum Gasteiger partial charge on any atom is -0.482 e. The van der Waals surface area contributed by atoms with Gasteiger partial charge < -0.3 is 15.8 Å². The summed E-state index contributed by atoms with van der Waals surface area (Å²) in [5, 5.41) is 2.89. The van der Waals surface area contributed by atoms with Gasteiger partial charge in [0.2, 0.25) is 5.91 Å². The molecule has 3 N–H and O–H groups in total. The van der Waals surface area contributed by atoms with Crippen LogP contribution in [0.5, 0.6) is 0 Å². The van der Waals surface area contributed by atoms with Crippen LogP contribution in [0.25, 0.3) is 0 Å². The lowest BCUT2D eigenvalue weighted by atomic mass is 9.68. The van der Waals surface area contributed by atoms with Gasteiger partial charge in [-0.05, 0) is 44.5 Å². The number of carbonyl (C=O) groups is 2. The van der Waals surface area contributed by atoms with Crippen LogP contribution in [0.4, 0.5) is 10.5 Å². The maximum atomic E-state index is 12.8. The second-order valence-electron chi connectivity index (χ2n) is 7.79. The van der Waals surface area contributed by atoms with E-state index in [-0.39, 0.29) is 17.9 Å². The van der Waals surface area contributed by atoms with Gasteiger partial charge in [0.05, 0.1) is 12.5 Å². The van der Waals surface area contributed by atoms with Crippen molar-refractivity contribution < 1.29 is 14.3 Å². The Labute approximate surface area is 170 Å². The van der Waals surface area contributed by atoms with Gasteiger partial charge in [-0.25, -0.2) is 9.79 Å². The predicted molar refractivity (Wildman–Crippen MR) is 112 cm³/mol. The molecular weight excluding hydrogens is 370 g/mol. The number of nitrogens with zero attached hydrogens (tertiary/aromatic N) is 3. The van der Waals surface area contributed by atoms with Gasteiger partial charge in [0.15, 0.2) is 11.8 Å². The number of aliphatic imine (C=N–C) groups is 1. The van der Waals surface area contributed by atoms with Gasteiger partial charge >= 0.3 is 6.03 Å². The van der Waals surface area contributed by atoms with Gasteiger partial charge in [0, 0.05) is 19.3 Å². The lowest BCUT2D eigenvalue weighted by molar-refractivity contribution is -0.140. The Morgan fingerprint density at radius 3 is 2.72 bits per heavy atom. The number of carbonyl (C=O) groups excluding carboxylic acids is 2. The number of nitrogens with one attached hydrogen (secondary N) is 1. The number of rotatable bonds is 3. The summed E-state index contributed by atoms with van der Waals surface area (Å²) in [4.78, 5) is 33.1. The van der Waals surface area contributed by atoms with Crippen LogP contribution in [0.1, 0.15) is 26.3 Å². The number of methoxy groups -OCH3 is 1. The van der Waals surface area contributed by atoms with Gasteiger partial charge in [0.25, 0.3) is 0 Å². The van der Waals surface area contributed by atoms with E-state index in [1.54, 1.807) is 19.2 Å². The third-order valence-electron chi connectivity index (χ3n) is 5.80. The zero-order valence-electron chi connectivity index (χ0n) is 17.4. The first kappa shape index (κ1) is 20.4. The molecule has 0 aliphatic carbocycles. The van der Waals surface area contributed by atoms with Crippen molar-refractivity contribution in [3.8, 4) is 0 Å². The van der Waals surface area contributed by atoms with E-state index in [2.05, 4.69) is 10.3 Å². The first-order valence-electron chi connectivity index (χ1n) is 9.35. The molecule has 0 saturated heterocycles. The summed E-state index contributed by atoms with van der Waals surface area (Å²) in [6, 6.07) is 7.01. The minimum atomic E-state index is -0.882. The Balaban J connectivity index is 1.92. The Morgan fingerprint density at radius 1 is 1.31 bits per heavy atom. The van der Waals surface area contributed by atoms with Gasteiger partial charge in [0.1, 0.15) is 5.54 Å². The zero-order valence-corrected chi connectivity index (χ0v) is 17.4. The van der Waals surface area contributed by atoms with Gasteiger partial charge in [-0.2, -0.15) is 0 Å². The molecule has 8 nitrogen and oxygen atoms in total. The standard InChI is InChI=1S/C21H27N5O3/c1-20(2)17(27)25(4)18(22)24-21(20,3)14-9-8-10-15(13-14)23-19(28)26-12-7-6-11-16(26)29-5/h6-11,13H,12H2,1-5H3,(H2,22,24)(H,23,28)/t21-/m1/s1. The molecule has 3 rings (SSSR count). The van der Waals surface area contributed by atoms with Crippen LogP contribution in [0.2, 0.25) is 0 Å². The Kier molecular flexibility index (Phi) is 5.13. The molecule has 1 aromatic rings. The highest BCUT2D eigenvalue weighted by atomic mass is 16.5. The summed E-state index contributed by atoms with van der Waals surface area (Å²) < 4.78 is 5.26.